The highest BCUT2D eigenvalue weighted by Gasteiger charge is 2.25. The van der Waals surface area contributed by atoms with Gasteiger partial charge in [0.2, 0.25) is 0 Å². The third-order valence-electron chi connectivity index (χ3n) is 4.39. The maximum Gasteiger partial charge on any atom is 0.279 e. The second-order valence-corrected chi connectivity index (χ2v) is 8.55. The largest absolute Gasteiger partial charge is 0.488 e. The number of para-hydroxylation sites is 1. The van der Waals surface area contributed by atoms with Gasteiger partial charge in [0.05, 0.1) is 4.91 Å². The Hall–Kier alpha value is -3.16. The summed E-state index contributed by atoms with van der Waals surface area (Å²) in [6.45, 7) is 0.408. The van der Waals surface area contributed by atoms with Gasteiger partial charge in [-0.2, -0.15) is 4.99 Å². The van der Waals surface area contributed by atoms with Gasteiger partial charge in [-0.15, -0.1) is 0 Å². The van der Waals surface area contributed by atoms with Gasteiger partial charge in [0.25, 0.3) is 11.8 Å². The van der Waals surface area contributed by atoms with Crippen molar-refractivity contribution in [3.63, 3.8) is 0 Å². The number of aliphatic imine (C=N–C) groups is 1. The van der Waals surface area contributed by atoms with Crippen LogP contribution >= 0.6 is 27.7 Å². The number of carbonyl (C=O) groups excluding carboxylic acids is 2. The summed E-state index contributed by atoms with van der Waals surface area (Å²) >= 11 is 4.55. The first-order chi connectivity index (χ1) is 15.1. The summed E-state index contributed by atoms with van der Waals surface area (Å²) in [6.07, 6.45) is 1.74. The van der Waals surface area contributed by atoms with Gasteiger partial charge < -0.3 is 10.1 Å². The first-order valence-electron chi connectivity index (χ1n) is 9.44. The molecule has 0 bridgehead atoms. The molecule has 0 aromatic heterocycles. The zero-order valence-electron chi connectivity index (χ0n) is 16.2. The van der Waals surface area contributed by atoms with E-state index in [9.17, 15) is 9.59 Å². The van der Waals surface area contributed by atoms with E-state index in [-0.39, 0.29) is 11.1 Å². The average Bonchev–Trinajstić information content (AvgIpc) is 3.13. The Morgan fingerprint density at radius 2 is 1.71 bits per heavy atom. The van der Waals surface area contributed by atoms with E-state index in [2.05, 4.69) is 26.2 Å². The Morgan fingerprint density at radius 3 is 2.48 bits per heavy atom. The molecule has 0 atom stereocenters. The van der Waals surface area contributed by atoms with Gasteiger partial charge in [-0.1, -0.05) is 64.5 Å². The highest BCUT2D eigenvalue weighted by atomic mass is 79.9. The summed E-state index contributed by atoms with van der Waals surface area (Å²) in [4.78, 5) is 29.1. The van der Waals surface area contributed by atoms with Crippen molar-refractivity contribution in [2.24, 2.45) is 4.99 Å². The first kappa shape index (κ1) is 21.1. The van der Waals surface area contributed by atoms with E-state index in [1.807, 2.05) is 54.6 Å². The Labute approximate surface area is 192 Å². The molecule has 1 N–H and O–H groups in total. The van der Waals surface area contributed by atoms with Crippen molar-refractivity contribution in [2.75, 3.05) is 0 Å². The van der Waals surface area contributed by atoms with E-state index in [0.29, 0.717) is 22.8 Å². The maximum atomic E-state index is 12.4. The number of nitrogens with zero attached hydrogens (tertiary/aromatic N) is 1. The molecule has 1 heterocycles. The molecule has 7 heteroatoms. The Bertz CT molecular complexity index is 1170. The third kappa shape index (κ3) is 5.51. The molecule has 5 nitrogen and oxygen atoms in total. The number of ether oxygens (including phenoxy) is 1. The fourth-order valence-electron chi connectivity index (χ4n) is 2.83. The van der Waals surface area contributed by atoms with Crippen LogP contribution in [0.3, 0.4) is 0 Å². The number of halogens is 1. The smallest absolute Gasteiger partial charge is 0.279 e. The van der Waals surface area contributed by atoms with Crippen LogP contribution in [-0.2, 0) is 11.4 Å². The molecule has 0 unspecified atom stereocenters. The van der Waals surface area contributed by atoms with Crippen molar-refractivity contribution in [1.29, 1.82) is 0 Å². The molecule has 1 aliphatic heterocycles. The molecule has 1 fully saturated rings. The molecule has 0 spiro atoms. The van der Waals surface area contributed by atoms with E-state index in [0.717, 1.165) is 27.4 Å². The molecular formula is C24H17BrN2O3S. The summed E-state index contributed by atoms with van der Waals surface area (Å²) in [5, 5.41) is 2.91. The van der Waals surface area contributed by atoms with Crippen LogP contribution in [0.4, 0.5) is 0 Å². The van der Waals surface area contributed by atoms with Gasteiger partial charge in [0.1, 0.15) is 12.4 Å². The fraction of sp³-hybridized carbons (Fsp3) is 0.0417. The molecule has 2 amide bonds. The molecule has 3 aromatic rings. The minimum Gasteiger partial charge on any atom is -0.488 e. The number of nitrogens with one attached hydrogen (secondary N) is 1. The lowest BCUT2D eigenvalue weighted by atomic mass is 10.2. The van der Waals surface area contributed by atoms with Crippen LogP contribution in [0.25, 0.3) is 6.08 Å². The Kier molecular flexibility index (Phi) is 6.64. The first-order valence-corrected chi connectivity index (χ1v) is 11.0. The topological polar surface area (TPSA) is 67.8 Å². The molecule has 4 rings (SSSR count). The van der Waals surface area contributed by atoms with Gasteiger partial charge in [0.15, 0.2) is 5.17 Å². The Morgan fingerprint density at radius 1 is 1.00 bits per heavy atom. The predicted octanol–water partition coefficient (Wildman–Crippen LogP) is 5.43. The molecule has 0 aliphatic carbocycles. The van der Waals surface area contributed by atoms with Crippen LogP contribution in [0.5, 0.6) is 5.75 Å². The number of benzene rings is 3. The third-order valence-corrected chi connectivity index (χ3v) is 5.83. The van der Waals surface area contributed by atoms with Crippen molar-refractivity contribution in [3.05, 3.63) is 105 Å². The van der Waals surface area contributed by atoms with Crippen molar-refractivity contribution >= 4 is 50.7 Å². The fourth-order valence-corrected chi connectivity index (χ4v) is 3.91. The molecule has 1 aliphatic rings. The van der Waals surface area contributed by atoms with E-state index in [1.54, 1.807) is 30.3 Å². The summed E-state index contributed by atoms with van der Waals surface area (Å²) in [5.74, 6) is -0.0349. The number of amides is 2. The molecule has 1 saturated heterocycles. The second-order valence-electron chi connectivity index (χ2n) is 6.61. The highest BCUT2D eigenvalue weighted by molar-refractivity contribution is 9.10. The summed E-state index contributed by atoms with van der Waals surface area (Å²) in [6, 6.07) is 24.1. The quantitative estimate of drug-likeness (QED) is 0.482. The molecule has 3 aromatic carbocycles. The SMILES string of the molecule is O=C1NC(=NC(=O)c2ccccc2)S/C1=C\c1ccccc1OCc1ccc(Br)cc1. The second kappa shape index (κ2) is 9.76. The van der Waals surface area contributed by atoms with E-state index in [1.165, 1.54) is 0 Å². The molecule has 0 radical (unpaired) electrons. The normalized spacial score (nSPS) is 15.8. The summed E-state index contributed by atoms with van der Waals surface area (Å²) < 4.78 is 6.98. The number of rotatable bonds is 5. The van der Waals surface area contributed by atoms with E-state index in [4.69, 9.17) is 4.74 Å². The van der Waals surface area contributed by atoms with Crippen LogP contribution in [-0.4, -0.2) is 17.0 Å². The zero-order valence-corrected chi connectivity index (χ0v) is 18.7. The summed E-state index contributed by atoms with van der Waals surface area (Å²) in [5.41, 5.74) is 2.27. The lowest BCUT2D eigenvalue weighted by Gasteiger charge is -2.09. The van der Waals surface area contributed by atoms with E-state index < -0.39 is 5.91 Å². The lowest BCUT2D eigenvalue weighted by Crippen LogP contribution is -2.20. The molecular weight excluding hydrogens is 476 g/mol. The van der Waals surface area contributed by atoms with E-state index >= 15 is 0 Å². The number of hydrogen-bond donors (Lipinski definition) is 1. The van der Waals surface area contributed by atoms with Gasteiger partial charge >= 0.3 is 0 Å². The Balaban J connectivity index is 1.49. The van der Waals surface area contributed by atoms with Gasteiger partial charge in [-0.3, -0.25) is 9.59 Å². The number of amidine groups is 1. The maximum absolute atomic E-state index is 12.4. The molecule has 31 heavy (non-hydrogen) atoms. The number of thioether (sulfide) groups is 1. The van der Waals surface area contributed by atoms with Gasteiger partial charge in [0, 0.05) is 15.6 Å². The van der Waals surface area contributed by atoms with Crippen LogP contribution < -0.4 is 10.1 Å². The standard InChI is InChI=1S/C24H17BrN2O3S/c25-19-12-10-16(11-13-19)15-30-20-9-5-4-8-18(20)14-21-23(29)27-24(31-21)26-22(28)17-6-2-1-3-7-17/h1-14H,15H2,(H,26,27,28,29)/b21-14-. The summed E-state index contributed by atoms with van der Waals surface area (Å²) in [7, 11) is 0. The lowest BCUT2D eigenvalue weighted by molar-refractivity contribution is -0.115. The van der Waals surface area contributed by atoms with Crippen molar-refractivity contribution in [3.8, 4) is 5.75 Å². The van der Waals surface area contributed by atoms with Gasteiger partial charge in [-0.05, 0) is 53.7 Å². The van der Waals surface area contributed by atoms with Crippen molar-refractivity contribution in [2.45, 2.75) is 6.61 Å². The van der Waals surface area contributed by atoms with Crippen LogP contribution in [0.2, 0.25) is 0 Å². The van der Waals surface area contributed by atoms with Crippen LogP contribution in [0, 0.1) is 0 Å². The number of hydrogen-bond acceptors (Lipinski definition) is 4. The average molecular weight is 493 g/mol. The zero-order chi connectivity index (χ0) is 21.6. The predicted molar refractivity (Wildman–Crippen MR) is 127 cm³/mol. The molecule has 0 saturated carbocycles. The monoisotopic (exact) mass is 492 g/mol. The van der Waals surface area contributed by atoms with Crippen molar-refractivity contribution < 1.29 is 14.3 Å². The molecule has 154 valence electrons. The van der Waals surface area contributed by atoms with Crippen LogP contribution in [0.15, 0.2) is 93.2 Å². The van der Waals surface area contributed by atoms with Crippen LogP contribution in [0.1, 0.15) is 21.5 Å². The number of carbonyl (C=O) groups is 2. The minimum absolute atomic E-state index is 0.262. The minimum atomic E-state index is -0.400. The highest BCUT2D eigenvalue weighted by Crippen LogP contribution is 2.30. The van der Waals surface area contributed by atoms with Crippen molar-refractivity contribution in [1.82, 2.24) is 5.32 Å². The van der Waals surface area contributed by atoms with Gasteiger partial charge in [-0.25, -0.2) is 0 Å².